The van der Waals surface area contributed by atoms with Gasteiger partial charge in [-0.15, -0.1) is 0 Å². The van der Waals surface area contributed by atoms with E-state index in [0.29, 0.717) is 62.6 Å². The number of carbonyl (C=O) groups is 1. The number of thiazole rings is 1. The summed E-state index contributed by atoms with van der Waals surface area (Å²) in [4.78, 5) is 31.4. The molecule has 2 heterocycles. The Hall–Kier alpha value is -3.56. The maximum absolute atomic E-state index is 13.8. The van der Waals surface area contributed by atoms with Gasteiger partial charge in [0.1, 0.15) is 5.75 Å². The van der Waals surface area contributed by atoms with Crippen molar-refractivity contribution in [3.63, 3.8) is 0 Å². The van der Waals surface area contributed by atoms with Gasteiger partial charge in [0.15, 0.2) is 16.3 Å². The van der Waals surface area contributed by atoms with E-state index in [1.54, 1.807) is 36.4 Å². The summed E-state index contributed by atoms with van der Waals surface area (Å²) in [6.45, 7) is 7.00. The van der Waals surface area contributed by atoms with Gasteiger partial charge < -0.3 is 18.9 Å². The lowest BCUT2D eigenvalue weighted by Crippen LogP contribution is -2.39. The Morgan fingerprint density at radius 3 is 2.41 bits per heavy atom. The molecule has 4 rings (SSSR count). The monoisotopic (exact) mass is 542 g/mol. The molecule has 1 aliphatic heterocycles. The summed E-state index contributed by atoms with van der Waals surface area (Å²) in [7, 11) is 1.30. The number of hydrogen-bond donors (Lipinski definition) is 0. The smallest absolute Gasteiger partial charge is 0.337 e. The van der Waals surface area contributed by atoms with Gasteiger partial charge in [0.25, 0.3) is 5.56 Å². The van der Waals surface area contributed by atoms with Crippen LogP contribution in [0.2, 0.25) is 5.02 Å². The number of fused-ring (bicyclic) bond motifs is 1. The zero-order valence-corrected chi connectivity index (χ0v) is 22.5. The SMILES string of the molecule is CCOc1ccc(Cl)cc1/C=c1/sc2n(c1=O)[C@H](c1ccc(OCC)c(OCC)c1)C(C(=O)OC)=CN=2. The number of benzene rings is 2. The minimum absolute atomic E-state index is 0.228. The second-order valence-electron chi connectivity index (χ2n) is 7.86. The van der Waals surface area contributed by atoms with Crippen molar-refractivity contribution in [2.75, 3.05) is 26.9 Å². The fourth-order valence-electron chi connectivity index (χ4n) is 4.05. The van der Waals surface area contributed by atoms with E-state index in [2.05, 4.69) is 4.99 Å². The molecule has 0 spiro atoms. The molecule has 0 saturated carbocycles. The van der Waals surface area contributed by atoms with Crippen LogP contribution in [0.5, 0.6) is 17.2 Å². The maximum Gasteiger partial charge on any atom is 0.337 e. The van der Waals surface area contributed by atoms with Crippen LogP contribution >= 0.6 is 22.9 Å². The first-order valence-corrected chi connectivity index (χ1v) is 13.0. The molecule has 194 valence electrons. The fraction of sp³-hybridized carbons (Fsp3) is 0.296. The first-order chi connectivity index (χ1) is 17.9. The number of ether oxygens (including phenoxy) is 4. The van der Waals surface area contributed by atoms with E-state index in [1.807, 2.05) is 26.8 Å². The van der Waals surface area contributed by atoms with Gasteiger partial charge in [-0.05, 0) is 62.7 Å². The molecule has 0 amide bonds. The topological polar surface area (TPSA) is 88.3 Å². The standard InChI is InChI=1S/C27H27ClN2O6S/c1-5-34-20-11-9-18(28)12-17(20)14-23-25(31)30-24(19(26(32)33-4)15-29-27(30)37-23)16-8-10-21(35-6-2)22(13-16)36-7-3/h8-15,24H,5-7H2,1-4H3/b23-14+/t24-/m1/s1. The van der Waals surface area contributed by atoms with E-state index in [4.69, 9.17) is 30.5 Å². The summed E-state index contributed by atoms with van der Waals surface area (Å²) in [6, 6.07) is 9.83. The maximum atomic E-state index is 13.8. The summed E-state index contributed by atoms with van der Waals surface area (Å²) in [5.41, 5.74) is 1.25. The highest BCUT2D eigenvalue weighted by Crippen LogP contribution is 2.35. The molecular formula is C27H27ClN2O6S. The quantitative estimate of drug-likeness (QED) is 0.381. The molecule has 0 bridgehead atoms. The number of methoxy groups -OCH3 is 1. The average Bonchev–Trinajstić information content (AvgIpc) is 3.21. The van der Waals surface area contributed by atoms with Crippen LogP contribution in [0.1, 0.15) is 37.9 Å². The van der Waals surface area contributed by atoms with Crippen molar-refractivity contribution in [1.29, 1.82) is 0 Å². The third-order valence-corrected chi connectivity index (χ3v) is 6.80. The molecule has 37 heavy (non-hydrogen) atoms. The van der Waals surface area contributed by atoms with Crippen molar-refractivity contribution in [2.45, 2.75) is 26.8 Å². The Bertz CT molecular complexity index is 1520. The Kier molecular flexibility index (Phi) is 8.35. The van der Waals surface area contributed by atoms with Crippen molar-refractivity contribution in [2.24, 2.45) is 4.99 Å². The van der Waals surface area contributed by atoms with Gasteiger partial charge in [-0.3, -0.25) is 9.36 Å². The van der Waals surface area contributed by atoms with Crippen molar-refractivity contribution in [3.05, 3.63) is 84.0 Å². The Morgan fingerprint density at radius 2 is 1.70 bits per heavy atom. The molecule has 0 N–H and O–H groups in total. The summed E-state index contributed by atoms with van der Waals surface area (Å²) in [5.74, 6) is 1.12. The number of nitrogens with zero attached hydrogens (tertiary/aromatic N) is 2. The number of aromatic nitrogens is 1. The molecule has 0 aliphatic carbocycles. The van der Waals surface area contributed by atoms with Crippen molar-refractivity contribution >= 4 is 35.0 Å². The lowest BCUT2D eigenvalue weighted by Gasteiger charge is -2.23. The molecule has 0 radical (unpaired) electrons. The van der Waals surface area contributed by atoms with Crippen molar-refractivity contribution < 1.29 is 23.7 Å². The van der Waals surface area contributed by atoms with Gasteiger partial charge >= 0.3 is 5.97 Å². The van der Waals surface area contributed by atoms with E-state index < -0.39 is 12.0 Å². The highest BCUT2D eigenvalue weighted by atomic mass is 35.5. The number of rotatable bonds is 9. The molecule has 8 nitrogen and oxygen atoms in total. The molecular weight excluding hydrogens is 516 g/mol. The van der Waals surface area contributed by atoms with E-state index in [1.165, 1.54) is 29.2 Å². The summed E-state index contributed by atoms with van der Waals surface area (Å²) in [5, 5.41) is 0.520. The third kappa shape index (κ3) is 5.42. The van der Waals surface area contributed by atoms with Gasteiger partial charge in [-0.1, -0.05) is 29.0 Å². The predicted octanol–water partition coefficient (Wildman–Crippen LogP) is 3.87. The molecule has 0 saturated heterocycles. The van der Waals surface area contributed by atoms with Crippen LogP contribution in [-0.2, 0) is 9.53 Å². The van der Waals surface area contributed by atoms with Crippen LogP contribution in [0.4, 0.5) is 0 Å². The second kappa shape index (κ2) is 11.7. The normalized spacial score (nSPS) is 14.9. The van der Waals surface area contributed by atoms with Gasteiger partial charge in [-0.25, -0.2) is 9.79 Å². The lowest BCUT2D eigenvalue weighted by atomic mass is 9.97. The first kappa shape index (κ1) is 26.5. The highest BCUT2D eigenvalue weighted by molar-refractivity contribution is 7.07. The Morgan fingerprint density at radius 1 is 1.03 bits per heavy atom. The summed E-state index contributed by atoms with van der Waals surface area (Å²) in [6.07, 6.45) is 3.18. The lowest BCUT2D eigenvalue weighted by molar-refractivity contribution is -0.136. The zero-order chi connectivity index (χ0) is 26.5. The molecule has 3 aromatic rings. The van der Waals surface area contributed by atoms with Crippen LogP contribution < -0.4 is 29.1 Å². The van der Waals surface area contributed by atoms with E-state index in [-0.39, 0.29) is 11.1 Å². The minimum Gasteiger partial charge on any atom is -0.493 e. The molecule has 1 aliphatic rings. The van der Waals surface area contributed by atoms with Gasteiger partial charge in [-0.2, -0.15) is 0 Å². The largest absolute Gasteiger partial charge is 0.493 e. The molecule has 1 aromatic heterocycles. The molecule has 0 unspecified atom stereocenters. The minimum atomic E-state index is -0.772. The van der Waals surface area contributed by atoms with Gasteiger partial charge in [0.2, 0.25) is 0 Å². The molecule has 1 atom stereocenters. The van der Waals surface area contributed by atoms with Crippen LogP contribution in [0.15, 0.2) is 58.0 Å². The zero-order valence-electron chi connectivity index (χ0n) is 20.9. The highest BCUT2D eigenvalue weighted by Gasteiger charge is 2.31. The predicted molar refractivity (Wildman–Crippen MR) is 143 cm³/mol. The first-order valence-electron chi connectivity index (χ1n) is 11.8. The number of esters is 1. The summed E-state index contributed by atoms with van der Waals surface area (Å²) >= 11 is 7.43. The number of hydrogen-bond acceptors (Lipinski definition) is 8. The van der Waals surface area contributed by atoms with E-state index in [9.17, 15) is 9.59 Å². The average molecular weight is 543 g/mol. The fourth-order valence-corrected chi connectivity index (χ4v) is 5.19. The van der Waals surface area contributed by atoms with Crippen LogP contribution in [0.25, 0.3) is 6.08 Å². The van der Waals surface area contributed by atoms with E-state index in [0.717, 1.165) is 0 Å². The van der Waals surface area contributed by atoms with Gasteiger partial charge in [0, 0.05) is 16.8 Å². The molecule has 2 aromatic carbocycles. The Labute approximate surface area is 223 Å². The van der Waals surface area contributed by atoms with Crippen LogP contribution in [-0.4, -0.2) is 37.5 Å². The van der Waals surface area contributed by atoms with Gasteiger partial charge in [0.05, 0.1) is 43.1 Å². The third-order valence-electron chi connectivity index (χ3n) is 5.57. The second-order valence-corrected chi connectivity index (χ2v) is 9.31. The van der Waals surface area contributed by atoms with Crippen LogP contribution in [0.3, 0.4) is 0 Å². The molecule has 10 heteroatoms. The Balaban J connectivity index is 1.92. The van der Waals surface area contributed by atoms with Crippen molar-refractivity contribution in [3.8, 4) is 17.2 Å². The molecule has 0 fully saturated rings. The number of halogens is 1. The number of carbonyl (C=O) groups excluding carboxylic acids is 1. The van der Waals surface area contributed by atoms with Crippen molar-refractivity contribution in [1.82, 2.24) is 4.57 Å². The van der Waals surface area contributed by atoms with Crippen LogP contribution in [0, 0.1) is 0 Å². The summed E-state index contributed by atoms with van der Waals surface area (Å²) < 4.78 is 24.1. The van der Waals surface area contributed by atoms with E-state index >= 15 is 0 Å².